The third-order valence-electron chi connectivity index (χ3n) is 4.93. The maximum absolute atomic E-state index is 6.25. The lowest BCUT2D eigenvalue weighted by molar-refractivity contribution is 0.174. The van der Waals surface area contributed by atoms with Crippen molar-refractivity contribution in [3.8, 4) is 11.5 Å². The normalized spacial score (nSPS) is 21.0. The Morgan fingerprint density at radius 1 is 1.04 bits per heavy atom. The van der Waals surface area contributed by atoms with E-state index in [1.807, 2.05) is 12.1 Å². The molecular weight excluding hydrogens is 310 g/mol. The van der Waals surface area contributed by atoms with Crippen LogP contribution in [0, 0.1) is 0 Å². The number of fused-ring (bicyclic) bond motifs is 2. The standard InChI is InChI=1S/C19H16ClNO2/c20-12-4-1-3-11(7-12)19-13-5-2-6-15(13)21-16-9-18-17(8-14(16)19)22-10-23-18/h1,3-4,7-9,19,21H,2,5-6,10H2. The smallest absolute Gasteiger partial charge is 0.231 e. The minimum Gasteiger partial charge on any atom is -0.454 e. The van der Waals surface area contributed by atoms with Crippen molar-refractivity contribution in [2.24, 2.45) is 0 Å². The molecule has 3 nitrogen and oxygen atoms in total. The molecule has 0 amide bonds. The molecule has 0 fully saturated rings. The number of ether oxygens (including phenoxy) is 2. The van der Waals surface area contributed by atoms with E-state index in [2.05, 4.69) is 29.6 Å². The number of hydrogen-bond donors (Lipinski definition) is 1. The quantitative estimate of drug-likeness (QED) is 0.794. The first-order valence-electron chi connectivity index (χ1n) is 7.97. The van der Waals surface area contributed by atoms with Crippen molar-refractivity contribution >= 4 is 17.3 Å². The van der Waals surface area contributed by atoms with Gasteiger partial charge in [0, 0.05) is 28.4 Å². The van der Waals surface area contributed by atoms with Gasteiger partial charge in [-0.05, 0) is 54.2 Å². The van der Waals surface area contributed by atoms with E-state index in [1.54, 1.807) is 0 Å². The second-order valence-electron chi connectivity index (χ2n) is 6.26. The zero-order valence-corrected chi connectivity index (χ0v) is 13.3. The molecule has 2 aromatic carbocycles. The van der Waals surface area contributed by atoms with Crippen molar-refractivity contribution in [2.75, 3.05) is 12.1 Å². The SMILES string of the molecule is Clc1cccc(C2C3=C(CCC3)Nc3cc4c(cc32)OCO4)c1. The summed E-state index contributed by atoms with van der Waals surface area (Å²) >= 11 is 6.25. The molecule has 0 saturated heterocycles. The van der Waals surface area contributed by atoms with Gasteiger partial charge in [0.25, 0.3) is 0 Å². The maximum atomic E-state index is 6.25. The molecule has 0 aromatic heterocycles. The van der Waals surface area contributed by atoms with Crippen molar-refractivity contribution in [2.45, 2.75) is 25.2 Å². The fourth-order valence-electron chi connectivity index (χ4n) is 3.95. The lowest BCUT2D eigenvalue weighted by Crippen LogP contribution is -2.16. The molecule has 2 aromatic rings. The fourth-order valence-corrected chi connectivity index (χ4v) is 4.15. The van der Waals surface area contributed by atoms with Gasteiger partial charge in [-0.25, -0.2) is 0 Å². The topological polar surface area (TPSA) is 30.5 Å². The van der Waals surface area contributed by atoms with Gasteiger partial charge in [0.15, 0.2) is 11.5 Å². The Morgan fingerprint density at radius 3 is 2.78 bits per heavy atom. The molecular formula is C19H16ClNO2. The van der Waals surface area contributed by atoms with E-state index in [4.69, 9.17) is 21.1 Å². The van der Waals surface area contributed by atoms with E-state index < -0.39 is 0 Å². The third-order valence-corrected chi connectivity index (χ3v) is 5.17. The first-order chi connectivity index (χ1) is 11.3. The lowest BCUT2D eigenvalue weighted by atomic mass is 9.81. The number of benzene rings is 2. The molecule has 1 N–H and O–H groups in total. The summed E-state index contributed by atoms with van der Waals surface area (Å²) in [5.41, 5.74) is 6.46. The largest absolute Gasteiger partial charge is 0.454 e. The van der Waals surface area contributed by atoms with Gasteiger partial charge in [-0.3, -0.25) is 0 Å². The van der Waals surface area contributed by atoms with Crippen molar-refractivity contribution in [1.29, 1.82) is 0 Å². The molecule has 5 rings (SSSR count). The average molecular weight is 326 g/mol. The second-order valence-corrected chi connectivity index (χ2v) is 6.70. The average Bonchev–Trinajstić information content (AvgIpc) is 3.18. The number of rotatable bonds is 1. The maximum Gasteiger partial charge on any atom is 0.231 e. The van der Waals surface area contributed by atoms with Gasteiger partial charge in [0.05, 0.1) is 0 Å². The molecule has 1 unspecified atom stereocenters. The summed E-state index contributed by atoms with van der Waals surface area (Å²) in [6, 6.07) is 12.4. The zero-order chi connectivity index (χ0) is 15.4. The van der Waals surface area contributed by atoms with Crippen molar-refractivity contribution in [3.05, 3.63) is 63.8 Å². The van der Waals surface area contributed by atoms with E-state index in [9.17, 15) is 0 Å². The first kappa shape index (κ1) is 13.3. The van der Waals surface area contributed by atoms with E-state index in [1.165, 1.54) is 28.8 Å². The van der Waals surface area contributed by atoms with Crippen LogP contribution < -0.4 is 14.8 Å². The Morgan fingerprint density at radius 2 is 1.91 bits per heavy atom. The van der Waals surface area contributed by atoms with Crippen LogP contribution in [0.2, 0.25) is 5.02 Å². The molecule has 0 radical (unpaired) electrons. The molecule has 2 heterocycles. The summed E-state index contributed by atoms with van der Waals surface area (Å²) in [6.45, 7) is 0.299. The van der Waals surface area contributed by atoms with Crippen molar-refractivity contribution in [3.63, 3.8) is 0 Å². The van der Waals surface area contributed by atoms with Crippen LogP contribution >= 0.6 is 11.6 Å². The number of allylic oxidation sites excluding steroid dienone is 2. The molecule has 0 bridgehead atoms. The van der Waals surface area contributed by atoms with Gasteiger partial charge in [-0.2, -0.15) is 0 Å². The van der Waals surface area contributed by atoms with Crippen LogP contribution in [0.15, 0.2) is 47.7 Å². The summed E-state index contributed by atoms with van der Waals surface area (Å²) in [5, 5.41) is 4.40. The van der Waals surface area contributed by atoms with Gasteiger partial charge in [0.2, 0.25) is 6.79 Å². The Hall–Kier alpha value is -2.13. The Labute approximate surface area is 139 Å². The molecule has 3 aliphatic rings. The van der Waals surface area contributed by atoms with Crippen LogP contribution in [0.1, 0.15) is 36.3 Å². The van der Waals surface area contributed by atoms with Crippen LogP contribution in [0.4, 0.5) is 5.69 Å². The number of anilines is 1. The monoisotopic (exact) mass is 325 g/mol. The van der Waals surface area contributed by atoms with Crippen molar-refractivity contribution < 1.29 is 9.47 Å². The summed E-state index contributed by atoms with van der Waals surface area (Å²) < 4.78 is 11.1. The van der Waals surface area contributed by atoms with Crippen LogP contribution in [-0.4, -0.2) is 6.79 Å². The highest BCUT2D eigenvalue weighted by molar-refractivity contribution is 6.30. The van der Waals surface area contributed by atoms with Crippen LogP contribution in [0.5, 0.6) is 11.5 Å². The van der Waals surface area contributed by atoms with Gasteiger partial charge in [-0.1, -0.05) is 23.7 Å². The number of nitrogens with one attached hydrogen (secondary N) is 1. The highest BCUT2D eigenvalue weighted by Gasteiger charge is 2.33. The molecule has 4 heteroatoms. The molecule has 23 heavy (non-hydrogen) atoms. The van der Waals surface area contributed by atoms with Gasteiger partial charge >= 0.3 is 0 Å². The lowest BCUT2D eigenvalue weighted by Gasteiger charge is -2.30. The van der Waals surface area contributed by atoms with Crippen LogP contribution in [-0.2, 0) is 0 Å². The first-order valence-corrected chi connectivity index (χ1v) is 8.35. The highest BCUT2D eigenvalue weighted by atomic mass is 35.5. The summed E-state index contributed by atoms with van der Waals surface area (Å²) in [7, 11) is 0. The summed E-state index contributed by atoms with van der Waals surface area (Å²) in [4.78, 5) is 0. The fraction of sp³-hybridized carbons (Fsp3) is 0.263. The Kier molecular flexibility index (Phi) is 2.86. The molecule has 2 aliphatic heterocycles. The third kappa shape index (κ3) is 2.03. The molecule has 0 saturated carbocycles. The van der Waals surface area contributed by atoms with Gasteiger partial charge < -0.3 is 14.8 Å². The molecule has 0 spiro atoms. The van der Waals surface area contributed by atoms with E-state index in [-0.39, 0.29) is 5.92 Å². The van der Waals surface area contributed by atoms with Crippen LogP contribution in [0.25, 0.3) is 0 Å². The molecule has 1 aliphatic carbocycles. The summed E-state index contributed by atoms with van der Waals surface area (Å²) in [5.74, 6) is 1.90. The van der Waals surface area contributed by atoms with Crippen LogP contribution in [0.3, 0.4) is 0 Å². The van der Waals surface area contributed by atoms with E-state index >= 15 is 0 Å². The van der Waals surface area contributed by atoms with Crippen molar-refractivity contribution in [1.82, 2.24) is 0 Å². The van der Waals surface area contributed by atoms with E-state index in [0.717, 1.165) is 35.1 Å². The Bertz CT molecular complexity index is 843. The van der Waals surface area contributed by atoms with Gasteiger partial charge in [-0.15, -0.1) is 0 Å². The zero-order valence-electron chi connectivity index (χ0n) is 12.6. The number of hydrogen-bond acceptors (Lipinski definition) is 3. The second kappa shape index (κ2) is 4.93. The minimum atomic E-state index is 0.247. The highest BCUT2D eigenvalue weighted by Crippen LogP contribution is 2.51. The van der Waals surface area contributed by atoms with E-state index in [0.29, 0.717) is 6.79 Å². The minimum absolute atomic E-state index is 0.247. The Balaban J connectivity index is 1.72. The van der Waals surface area contributed by atoms with Gasteiger partial charge in [0.1, 0.15) is 0 Å². The molecule has 1 atom stereocenters. The molecule has 116 valence electrons. The predicted molar refractivity (Wildman–Crippen MR) is 90.4 cm³/mol. The predicted octanol–water partition coefficient (Wildman–Crippen LogP) is 5.06. The number of halogens is 1. The summed E-state index contributed by atoms with van der Waals surface area (Å²) in [6.07, 6.45) is 3.45.